The molecule has 1 saturated heterocycles. The quantitative estimate of drug-likeness (QED) is 0.516. The van der Waals surface area contributed by atoms with E-state index in [2.05, 4.69) is 4.90 Å². The average Bonchev–Trinajstić information content (AvgIpc) is 3.04. The summed E-state index contributed by atoms with van der Waals surface area (Å²) in [5.74, 6) is 0.641. The molecular formula is C20H25ClF3N5O. The van der Waals surface area contributed by atoms with E-state index < -0.39 is 11.7 Å². The third-order valence-corrected chi connectivity index (χ3v) is 5.49. The van der Waals surface area contributed by atoms with Crippen molar-refractivity contribution in [2.75, 3.05) is 50.8 Å². The molecule has 10 heteroatoms. The Morgan fingerprint density at radius 3 is 2.50 bits per heavy atom. The third-order valence-electron chi connectivity index (χ3n) is 5.49. The van der Waals surface area contributed by atoms with E-state index in [0.29, 0.717) is 37.8 Å². The summed E-state index contributed by atoms with van der Waals surface area (Å²) in [6.07, 6.45) is 4.00. The number of hydrogen-bond acceptors (Lipinski definition) is 5. The number of allylic oxidation sites excluding steroid dienone is 2. The molecule has 164 valence electrons. The molecule has 0 aromatic heterocycles. The molecule has 0 N–H and O–H groups in total. The largest absolute Gasteiger partial charge is 0.692 e. The first-order chi connectivity index (χ1) is 13.9. The molecule has 1 aromatic carbocycles. The smallest absolute Gasteiger partial charge is 0.416 e. The molecule has 0 spiro atoms. The van der Waals surface area contributed by atoms with Gasteiger partial charge in [-0.3, -0.25) is 4.90 Å². The van der Waals surface area contributed by atoms with Crippen LogP contribution in [-0.4, -0.2) is 71.4 Å². The van der Waals surface area contributed by atoms with Gasteiger partial charge in [-0.2, -0.15) is 18.0 Å². The molecule has 1 aromatic rings. The Morgan fingerprint density at radius 2 is 1.80 bits per heavy atom. The predicted octanol–water partition coefficient (Wildman–Crippen LogP) is 3.12. The monoisotopic (exact) mass is 443 g/mol. The lowest BCUT2D eigenvalue weighted by Gasteiger charge is -2.36. The van der Waals surface area contributed by atoms with Gasteiger partial charge in [0, 0.05) is 44.5 Å². The number of piperazine rings is 1. The first-order valence-corrected chi connectivity index (χ1v) is 9.77. The highest BCUT2D eigenvalue weighted by Gasteiger charge is 2.32. The molecule has 3 aliphatic heterocycles. The number of hydrazine groups is 1. The summed E-state index contributed by atoms with van der Waals surface area (Å²) in [6, 6.07) is 5.52. The van der Waals surface area contributed by atoms with Gasteiger partial charge < -0.3 is 10.1 Å². The van der Waals surface area contributed by atoms with Crippen LogP contribution in [0.3, 0.4) is 0 Å². The number of halogens is 4. The van der Waals surface area contributed by atoms with Crippen molar-refractivity contribution < 1.29 is 18.0 Å². The zero-order valence-electron chi connectivity index (χ0n) is 16.5. The second-order valence-electron chi connectivity index (χ2n) is 7.40. The molecule has 3 aliphatic rings. The summed E-state index contributed by atoms with van der Waals surface area (Å²) in [5, 5.41) is 14.1. The molecule has 0 unspecified atom stereocenters. The Balaban J connectivity index is 0.00000256. The van der Waals surface area contributed by atoms with E-state index in [1.165, 1.54) is 12.1 Å². The average molecular weight is 444 g/mol. The van der Waals surface area contributed by atoms with Crippen LogP contribution in [-0.2, 0) is 6.18 Å². The lowest BCUT2D eigenvalue weighted by atomic mass is 10.1. The number of nitrogens with zero attached hydrogens (tertiary/aromatic N) is 5. The van der Waals surface area contributed by atoms with Crippen molar-refractivity contribution in [1.29, 1.82) is 0 Å². The normalized spacial score (nSPS) is 19.4. The number of fused-ring (bicyclic) bond motifs is 1. The van der Waals surface area contributed by atoms with Crippen LogP contribution in [0, 0.1) is 5.21 Å². The van der Waals surface area contributed by atoms with Crippen molar-refractivity contribution in [1.82, 2.24) is 14.8 Å². The number of amidine groups is 1. The van der Waals surface area contributed by atoms with Crippen LogP contribution in [0.25, 0.3) is 0 Å². The highest BCUT2D eigenvalue weighted by Crippen LogP contribution is 2.31. The van der Waals surface area contributed by atoms with E-state index in [9.17, 15) is 18.4 Å². The fraction of sp³-hybridized carbons (Fsp3) is 0.450. The van der Waals surface area contributed by atoms with Gasteiger partial charge in [-0.1, -0.05) is 12.1 Å². The van der Waals surface area contributed by atoms with Gasteiger partial charge in [-0.25, -0.2) is 9.91 Å². The third kappa shape index (κ3) is 4.84. The van der Waals surface area contributed by atoms with Gasteiger partial charge in [0.15, 0.2) is 6.67 Å². The molecule has 0 aliphatic carbocycles. The van der Waals surface area contributed by atoms with E-state index in [0.717, 1.165) is 37.0 Å². The standard InChI is InChI=1S/C20H24F3N5O.ClH/c21-20(22,23)17-5-3-6-18(15-17)25-13-11-24(12-14-25)8-4-10-27-16-26-9-2-1-7-19(26)28(27)29;/h1-3,5-7,9,15H,4,8,10-14,16H2;1H. The van der Waals surface area contributed by atoms with Crippen molar-refractivity contribution in [3.05, 3.63) is 59.5 Å². The minimum Gasteiger partial charge on any atom is -0.692 e. The van der Waals surface area contributed by atoms with Gasteiger partial charge in [0.05, 0.1) is 18.3 Å². The maximum atomic E-state index is 12.9. The van der Waals surface area contributed by atoms with E-state index >= 15 is 0 Å². The Morgan fingerprint density at radius 1 is 1.03 bits per heavy atom. The molecule has 0 radical (unpaired) electrons. The van der Waals surface area contributed by atoms with Crippen LogP contribution in [0.4, 0.5) is 18.9 Å². The van der Waals surface area contributed by atoms with Crippen LogP contribution in [0.1, 0.15) is 12.0 Å². The maximum Gasteiger partial charge on any atom is 0.416 e. The number of hydrogen-bond donors (Lipinski definition) is 0. The Labute approximate surface area is 180 Å². The zero-order valence-corrected chi connectivity index (χ0v) is 17.3. The highest BCUT2D eigenvalue weighted by molar-refractivity contribution is 5.91. The van der Waals surface area contributed by atoms with Gasteiger partial charge in [-0.05, 0) is 30.7 Å². The van der Waals surface area contributed by atoms with Gasteiger partial charge in [0.1, 0.15) is 0 Å². The van der Waals surface area contributed by atoms with Crippen LogP contribution < -0.4 is 4.90 Å². The summed E-state index contributed by atoms with van der Waals surface area (Å²) in [6.45, 7) is 5.07. The van der Waals surface area contributed by atoms with E-state index in [-0.39, 0.29) is 12.4 Å². The summed E-state index contributed by atoms with van der Waals surface area (Å²) in [5.41, 5.74) is 0.0115. The zero-order chi connectivity index (χ0) is 20.4. The first kappa shape index (κ1) is 22.3. The molecule has 3 heterocycles. The maximum absolute atomic E-state index is 12.9. The fourth-order valence-electron chi connectivity index (χ4n) is 3.89. The number of hydrazone groups is 1. The summed E-state index contributed by atoms with van der Waals surface area (Å²) >= 11 is 0. The molecular weight excluding hydrogens is 419 g/mol. The van der Waals surface area contributed by atoms with Gasteiger partial charge in [0.2, 0.25) is 0 Å². The molecule has 1 fully saturated rings. The number of rotatable bonds is 5. The topological polar surface area (TPSA) is 39.0 Å². The lowest BCUT2D eigenvalue weighted by Crippen LogP contribution is -2.47. The lowest BCUT2D eigenvalue weighted by molar-refractivity contribution is -0.626. The molecule has 30 heavy (non-hydrogen) atoms. The van der Waals surface area contributed by atoms with Gasteiger partial charge >= 0.3 is 12.0 Å². The van der Waals surface area contributed by atoms with Crippen LogP contribution in [0.15, 0.2) is 48.7 Å². The molecule has 0 amide bonds. The van der Waals surface area contributed by atoms with E-state index in [1.54, 1.807) is 17.2 Å². The number of anilines is 1. The Bertz CT molecular complexity index is 834. The van der Waals surface area contributed by atoms with Crippen LogP contribution in [0.2, 0.25) is 0 Å². The van der Waals surface area contributed by atoms with E-state index in [1.807, 2.05) is 28.2 Å². The second kappa shape index (κ2) is 9.18. The van der Waals surface area contributed by atoms with Crippen molar-refractivity contribution in [2.45, 2.75) is 12.6 Å². The van der Waals surface area contributed by atoms with Gasteiger partial charge in [-0.15, -0.1) is 12.4 Å². The Kier molecular flexibility index (Phi) is 6.82. The predicted molar refractivity (Wildman–Crippen MR) is 112 cm³/mol. The van der Waals surface area contributed by atoms with Crippen molar-refractivity contribution in [3.8, 4) is 0 Å². The molecule has 0 saturated carbocycles. The second-order valence-corrected chi connectivity index (χ2v) is 7.40. The van der Waals surface area contributed by atoms with Crippen LogP contribution >= 0.6 is 12.4 Å². The van der Waals surface area contributed by atoms with E-state index in [4.69, 9.17) is 0 Å². The SMILES string of the molecule is Cl.[O-][N+]1=C2C=CC=CN2CN1CCCN1CCN(c2cccc(C(F)(F)F)c2)CC1. The van der Waals surface area contributed by atoms with Crippen molar-refractivity contribution in [2.24, 2.45) is 0 Å². The van der Waals surface area contributed by atoms with Crippen molar-refractivity contribution >= 4 is 23.9 Å². The summed E-state index contributed by atoms with van der Waals surface area (Å²) in [7, 11) is 0. The molecule has 4 rings (SSSR count). The van der Waals surface area contributed by atoms with Crippen LogP contribution in [0.5, 0.6) is 0 Å². The molecule has 6 nitrogen and oxygen atoms in total. The number of alkyl halides is 3. The molecule has 0 bridgehead atoms. The summed E-state index contributed by atoms with van der Waals surface area (Å²) < 4.78 is 38.8. The fourth-order valence-corrected chi connectivity index (χ4v) is 3.89. The summed E-state index contributed by atoms with van der Waals surface area (Å²) in [4.78, 5) is 7.17. The van der Waals surface area contributed by atoms with Gasteiger partial charge in [0.25, 0.3) is 0 Å². The first-order valence-electron chi connectivity index (χ1n) is 9.77. The minimum absolute atomic E-state index is 0. The minimum atomic E-state index is -4.32. The molecule has 0 atom stereocenters. The number of benzene rings is 1. The van der Waals surface area contributed by atoms with Crippen molar-refractivity contribution in [3.63, 3.8) is 0 Å². The highest BCUT2D eigenvalue weighted by atomic mass is 35.5. The Hall–Kier alpha value is -2.39.